The lowest BCUT2D eigenvalue weighted by Gasteiger charge is -2.26. The second-order valence-electron chi connectivity index (χ2n) is 6.16. The van der Waals surface area contributed by atoms with E-state index in [2.05, 4.69) is 18.8 Å². The van der Waals surface area contributed by atoms with Gasteiger partial charge in [0.15, 0.2) is 0 Å². The molecule has 3 rings (SSSR count). The highest BCUT2D eigenvalue weighted by Crippen LogP contribution is 2.37. The summed E-state index contributed by atoms with van der Waals surface area (Å²) in [5.41, 5.74) is 0.0611. The molecular weight excluding hydrogens is 256 g/mol. The van der Waals surface area contributed by atoms with E-state index in [1.165, 1.54) is 4.57 Å². The minimum Gasteiger partial charge on any atom is -0.355 e. The molecule has 1 fully saturated rings. The van der Waals surface area contributed by atoms with Gasteiger partial charge in [-0.15, -0.1) is 0 Å². The fourth-order valence-corrected chi connectivity index (χ4v) is 3.11. The molecule has 2 aliphatic rings. The van der Waals surface area contributed by atoms with E-state index in [0.717, 1.165) is 19.3 Å². The van der Waals surface area contributed by atoms with Crippen LogP contribution >= 0.6 is 0 Å². The lowest BCUT2D eigenvalue weighted by Crippen LogP contribution is -2.34. The Morgan fingerprint density at radius 1 is 1.30 bits per heavy atom. The summed E-state index contributed by atoms with van der Waals surface area (Å²) in [6.07, 6.45) is 5.08. The van der Waals surface area contributed by atoms with Gasteiger partial charge >= 0.3 is 5.69 Å². The molecule has 1 aromatic rings. The van der Waals surface area contributed by atoms with Crippen LogP contribution in [0.5, 0.6) is 0 Å². The second kappa shape index (κ2) is 5.56. The van der Waals surface area contributed by atoms with Gasteiger partial charge in [-0.05, 0) is 31.1 Å². The van der Waals surface area contributed by atoms with Crippen LogP contribution in [0.3, 0.4) is 0 Å². The molecule has 5 nitrogen and oxygen atoms in total. The van der Waals surface area contributed by atoms with Gasteiger partial charge in [0.2, 0.25) is 0 Å². The van der Waals surface area contributed by atoms with Crippen molar-refractivity contribution >= 4 is 0 Å². The lowest BCUT2D eigenvalue weighted by molar-refractivity contribution is -0.0163. The van der Waals surface area contributed by atoms with E-state index in [4.69, 9.17) is 4.74 Å². The number of H-pyrrole nitrogens is 1. The van der Waals surface area contributed by atoms with E-state index in [1.807, 2.05) is 13.8 Å². The number of fused-ring (bicyclic) bond motifs is 5. The average molecular weight is 280 g/mol. The molecule has 1 unspecified atom stereocenters. The number of nitrogens with one attached hydrogen (secondary N) is 1. The van der Waals surface area contributed by atoms with Gasteiger partial charge in [0.1, 0.15) is 6.23 Å². The zero-order valence-corrected chi connectivity index (χ0v) is 12.7. The van der Waals surface area contributed by atoms with Gasteiger partial charge in [0, 0.05) is 11.8 Å². The number of nitrogens with zero attached hydrogens (tertiary/aromatic N) is 1. The van der Waals surface area contributed by atoms with Crippen LogP contribution in [0.2, 0.25) is 0 Å². The zero-order chi connectivity index (χ0) is 14.9. The third kappa shape index (κ3) is 2.87. The first-order chi connectivity index (χ1) is 9.44. The minimum atomic E-state index is -0.367. The van der Waals surface area contributed by atoms with E-state index in [0.29, 0.717) is 12.0 Å². The normalized spacial score (nSPS) is 26.8. The summed E-state index contributed by atoms with van der Waals surface area (Å²) in [6.45, 7) is 8.29. The molecule has 0 aliphatic carbocycles. The highest BCUT2D eigenvalue weighted by molar-refractivity contribution is 5.09. The summed E-state index contributed by atoms with van der Waals surface area (Å²) in [7, 11) is 0. The van der Waals surface area contributed by atoms with Crippen molar-refractivity contribution in [3.05, 3.63) is 32.6 Å². The number of rotatable bonds is 0. The molecule has 0 spiro atoms. The Hall–Kier alpha value is -1.36. The summed E-state index contributed by atoms with van der Waals surface area (Å²) in [6, 6.07) is 0. The molecule has 20 heavy (non-hydrogen) atoms. The van der Waals surface area contributed by atoms with Crippen molar-refractivity contribution in [2.75, 3.05) is 0 Å². The summed E-state index contributed by atoms with van der Waals surface area (Å²) in [5, 5.41) is 0. The Bertz CT molecular complexity index is 586. The Balaban J connectivity index is 0.000000704. The average Bonchev–Trinajstić information content (AvgIpc) is 2.83. The molecule has 0 radical (unpaired) electrons. The first-order valence-electron chi connectivity index (χ1n) is 7.44. The smallest absolute Gasteiger partial charge is 0.330 e. The Labute approximate surface area is 119 Å². The van der Waals surface area contributed by atoms with E-state index in [-0.39, 0.29) is 29.0 Å². The summed E-state index contributed by atoms with van der Waals surface area (Å²) >= 11 is 0. The van der Waals surface area contributed by atoms with E-state index < -0.39 is 0 Å². The zero-order valence-electron chi connectivity index (χ0n) is 12.7. The molecule has 1 saturated heterocycles. The Morgan fingerprint density at radius 2 is 2.00 bits per heavy atom. The quantitative estimate of drug-likeness (QED) is 0.792. The van der Waals surface area contributed by atoms with Gasteiger partial charge in [-0.25, -0.2) is 4.79 Å². The maximum Gasteiger partial charge on any atom is 0.330 e. The van der Waals surface area contributed by atoms with Gasteiger partial charge in [-0.1, -0.05) is 27.7 Å². The van der Waals surface area contributed by atoms with Crippen molar-refractivity contribution in [3.8, 4) is 0 Å². The van der Waals surface area contributed by atoms with Gasteiger partial charge < -0.3 is 4.74 Å². The van der Waals surface area contributed by atoms with Crippen LogP contribution < -0.4 is 11.2 Å². The number of aromatic nitrogens is 2. The highest BCUT2D eigenvalue weighted by Gasteiger charge is 2.34. The third-order valence-corrected chi connectivity index (χ3v) is 3.89. The third-order valence-electron chi connectivity index (χ3n) is 3.89. The topological polar surface area (TPSA) is 64.1 Å². The summed E-state index contributed by atoms with van der Waals surface area (Å²) in [4.78, 5) is 26.0. The first kappa shape index (κ1) is 15.0. The van der Waals surface area contributed by atoms with Crippen molar-refractivity contribution in [1.29, 1.82) is 0 Å². The van der Waals surface area contributed by atoms with Crippen LogP contribution in [0.15, 0.2) is 15.8 Å². The van der Waals surface area contributed by atoms with Crippen molar-refractivity contribution in [2.24, 2.45) is 5.41 Å². The van der Waals surface area contributed by atoms with Gasteiger partial charge in [-0.3, -0.25) is 14.3 Å². The van der Waals surface area contributed by atoms with Gasteiger partial charge in [-0.2, -0.15) is 0 Å². The highest BCUT2D eigenvalue weighted by atomic mass is 16.5. The monoisotopic (exact) mass is 280 g/mol. The maximum absolute atomic E-state index is 11.8. The molecule has 112 valence electrons. The van der Waals surface area contributed by atoms with Crippen molar-refractivity contribution in [1.82, 2.24) is 9.55 Å². The molecule has 0 aromatic carbocycles. The SMILES string of the molecule is CC.CC1(C)Cc2cn(c(=O)[nH]c2=O)[C@H]2CCC(C1)O2. The van der Waals surface area contributed by atoms with Gasteiger partial charge in [0.25, 0.3) is 5.56 Å². The fourth-order valence-electron chi connectivity index (χ4n) is 3.11. The number of aromatic amines is 1. The van der Waals surface area contributed by atoms with Crippen LogP contribution in [0.4, 0.5) is 0 Å². The van der Waals surface area contributed by atoms with Crippen molar-refractivity contribution < 1.29 is 4.74 Å². The predicted molar refractivity (Wildman–Crippen MR) is 77.9 cm³/mol. The van der Waals surface area contributed by atoms with E-state index >= 15 is 0 Å². The summed E-state index contributed by atoms with van der Waals surface area (Å²) < 4.78 is 7.46. The standard InChI is InChI=1S/C13H18N2O3.C2H6/c1-13(2)5-8-7-15(12(17)14-11(8)16)10-4-3-9(6-13)18-10;1-2/h7,9-10H,3-6H2,1-2H3,(H,14,16,17);1-2H3/t9?,10-;/m1./s1. The molecule has 4 bridgehead atoms. The second-order valence-corrected chi connectivity index (χ2v) is 6.16. The van der Waals surface area contributed by atoms with Crippen molar-refractivity contribution in [2.45, 2.75) is 65.7 Å². The fraction of sp³-hybridized carbons (Fsp3) is 0.733. The van der Waals surface area contributed by atoms with Crippen LogP contribution in [-0.4, -0.2) is 15.7 Å². The van der Waals surface area contributed by atoms with Crippen LogP contribution in [0.25, 0.3) is 0 Å². The summed E-state index contributed by atoms with van der Waals surface area (Å²) in [5.74, 6) is 0. The largest absolute Gasteiger partial charge is 0.355 e. The molecule has 0 amide bonds. The Morgan fingerprint density at radius 3 is 2.70 bits per heavy atom. The molecule has 5 heteroatoms. The van der Waals surface area contributed by atoms with Crippen LogP contribution in [0.1, 0.15) is 58.7 Å². The molecular formula is C15H24N2O3. The van der Waals surface area contributed by atoms with E-state index in [9.17, 15) is 9.59 Å². The van der Waals surface area contributed by atoms with E-state index in [1.54, 1.807) is 6.20 Å². The maximum atomic E-state index is 11.8. The number of hydrogen-bond acceptors (Lipinski definition) is 3. The van der Waals surface area contributed by atoms with Crippen LogP contribution in [0, 0.1) is 5.41 Å². The molecule has 3 heterocycles. The molecule has 1 N–H and O–H groups in total. The minimum absolute atomic E-state index is 0.0130. The first-order valence-corrected chi connectivity index (χ1v) is 7.44. The lowest BCUT2D eigenvalue weighted by atomic mass is 9.80. The molecule has 1 aromatic heterocycles. The number of ether oxygens (including phenoxy) is 1. The molecule has 2 aliphatic heterocycles. The predicted octanol–water partition coefficient (Wildman–Crippen LogP) is 2.21. The number of hydrogen-bond donors (Lipinski definition) is 1. The van der Waals surface area contributed by atoms with Gasteiger partial charge in [0.05, 0.1) is 6.10 Å². The Kier molecular flexibility index (Phi) is 4.18. The molecule has 2 atom stereocenters. The molecule has 0 saturated carbocycles. The van der Waals surface area contributed by atoms with Crippen molar-refractivity contribution in [3.63, 3.8) is 0 Å². The van der Waals surface area contributed by atoms with Crippen LogP contribution in [-0.2, 0) is 11.2 Å².